The molecule has 1 heterocycles. The molecule has 1 aromatic rings. The standard InChI is InChI=1S/C13H18ClNO4S/c1-20-13-11(18)9(16)10(17)12(19-13)8(15)6-2-4-7(14)5-3-6/h2-5,8-13,16-18H,15H2,1H3. The number of hydrogen-bond acceptors (Lipinski definition) is 6. The van der Waals surface area contributed by atoms with Crippen LogP contribution in [0.2, 0.25) is 5.02 Å². The number of hydrogen-bond donors (Lipinski definition) is 4. The Bertz CT molecular complexity index is 445. The fourth-order valence-corrected chi connectivity index (χ4v) is 3.05. The van der Waals surface area contributed by atoms with Crippen LogP contribution in [0.15, 0.2) is 24.3 Å². The van der Waals surface area contributed by atoms with Gasteiger partial charge >= 0.3 is 0 Å². The van der Waals surface area contributed by atoms with Crippen molar-refractivity contribution in [3.63, 3.8) is 0 Å². The normalized spacial score (nSPS) is 35.8. The van der Waals surface area contributed by atoms with E-state index in [9.17, 15) is 15.3 Å². The minimum absolute atomic E-state index is 0.587. The van der Waals surface area contributed by atoms with Crippen molar-refractivity contribution in [2.24, 2.45) is 5.73 Å². The van der Waals surface area contributed by atoms with Crippen LogP contribution >= 0.6 is 23.4 Å². The van der Waals surface area contributed by atoms with Gasteiger partial charge in [-0.1, -0.05) is 23.7 Å². The first kappa shape index (κ1) is 16.0. The second-order valence-electron chi connectivity index (χ2n) is 4.75. The maximum Gasteiger partial charge on any atom is 0.132 e. The Morgan fingerprint density at radius 1 is 1.15 bits per heavy atom. The van der Waals surface area contributed by atoms with Gasteiger partial charge in [0.15, 0.2) is 0 Å². The third-order valence-corrected chi connectivity index (χ3v) is 4.55. The Balaban J connectivity index is 2.19. The third-order valence-electron chi connectivity index (χ3n) is 3.45. The van der Waals surface area contributed by atoms with E-state index in [2.05, 4.69) is 0 Å². The molecule has 7 heteroatoms. The molecule has 20 heavy (non-hydrogen) atoms. The Kier molecular flexibility index (Phi) is 5.30. The predicted molar refractivity (Wildman–Crippen MR) is 78.6 cm³/mol. The largest absolute Gasteiger partial charge is 0.388 e. The number of nitrogens with two attached hydrogens (primary N) is 1. The summed E-state index contributed by atoms with van der Waals surface area (Å²) in [5.41, 5.74) is 6.21. The first-order chi connectivity index (χ1) is 9.45. The fraction of sp³-hybridized carbons (Fsp3) is 0.538. The van der Waals surface area contributed by atoms with Gasteiger partial charge in [0.2, 0.25) is 0 Å². The molecule has 1 saturated heterocycles. The van der Waals surface area contributed by atoms with Crippen molar-refractivity contribution >= 4 is 23.4 Å². The lowest BCUT2D eigenvalue weighted by molar-refractivity contribution is -0.203. The van der Waals surface area contributed by atoms with Gasteiger partial charge in [-0.3, -0.25) is 0 Å². The van der Waals surface area contributed by atoms with Crippen molar-refractivity contribution in [3.05, 3.63) is 34.9 Å². The van der Waals surface area contributed by atoms with E-state index in [4.69, 9.17) is 22.1 Å². The van der Waals surface area contributed by atoms with Crippen molar-refractivity contribution < 1.29 is 20.1 Å². The first-order valence-corrected chi connectivity index (χ1v) is 7.85. The summed E-state index contributed by atoms with van der Waals surface area (Å²) in [4.78, 5) is 0. The summed E-state index contributed by atoms with van der Waals surface area (Å²) in [5, 5.41) is 30.3. The summed E-state index contributed by atoms with van der Waals surface area (Å²) in [5.74, 6) is 0. The summed E-state index contributed by atoms with van der Waals surface area (Å²) in [6.45, 7) is 0. The molecule has 5 N–H and O–H groups in total. The first-order valence-electron chi connectivity index (χ1n) is 6.19. The lowest BCUT2D eigenvalue weighted by Crippen LogP contribution is -2.59. The van der Waals surface area contributed by atoms with Gasteiger partial charge in [-0.25, -0.2) is 0 Å². The minimum atomic E-state index is -1.29. The van der Waals surface area contributed by atoms with Crippen LogP contribution in [0.5, 0.6) is 0 Å². The van der Waals surface area contributed by atoms with Gasteiger partial charge in [-0.15, -0.1) is 11.8 Å². The van der Waals surface area contributed by atoms with Crippen molar-refractivity contribution in [1.82, 2.24) is 0 Å². The average molecular weight is 320 g/mol. The molecule has 2 rings (SSSR count). The smallest absolute Gasteiger partial charge is 0.132 e. The van der Waals surface area contributed by atoms with Crippen LogP contribution in [0.25, 0.3) is 0 Å². The number of rotatable bonds is 3. The van der Waals surface area contributed by atoms with E-state index in [1.54, 1.807) is 30.5 Å². The predicted octanol–water partition coefficient (Wildman–Crippen LogP) is 0.510. The highest BCUT2D eigenvalue weighted by Gasteiger charge is 2.45. The van der Waals surface area contributed by atoms with Crippen LogP contribution in [0, 0.1) is 0 Å². The molecule has 0 spiro atoms. The van der Waals surface area contributed by atoms with E-state index in [1.807, 2.05) is 0 Å². The molecule has 0 aliphatic carbocycles. The quantitative estimate of drug-likeness (QED) is 0.648. The van der Waals surface area contributed by atoms with Crippen molar-refractivity contribution in [2.45, 2.75) is 35.9 Å². The second-order valence-corrected chi connectivity index (χ2v) is 6.13. The van der Waals surface area contributed by atoms with Gasteiger partial charge in [0, 0.05) is 5.02 Å². The minimum Gasteiger partial charge on any atom is -0.388 e. The molecule has 1 aliphatic heterocycles. The van der Waals surface area contributed by atoms with Gasteiger partial charge in [-0.05, 0) is 24.0 Å². The lowest BCUT2D eigenvalue weighted by atomic mass is 9.91. The molecular weight excluding hydrogens is 302 g/mol. The highest BCUT2D eigenvalue weighted by atomic mass is 35.5. The number of halogens is 1. The summed E-state index contributed by atoms with van der Waals surface area (Å²) in [6.07, 6.45) is -2.73. The zero-order valence-corrected chi connectivity index (χ0v) is 12.5. The maximum atomic E-state index is 10.1. The molecule has 0 aromatic heterocycles. The zero-order valence-electron chi connectivity index (χ0n) is 10.9. The average Bonchev–Trinajstić information content (AvgIpc) is 2.45. The van der Waals surface area contributed by atoms with Crippen LogP contribution < -0.4 is 5.73 Å². The van der Waals surface area contributed by atoms with Gasteiger partial charge in [0.05, 0.1) is 6.04 Å². The number of benzene rings is 1. The summed E-state index contributed by atoms with van der Waals surface area (Å²) >= 11 is 7.08. The van der Waals surface area contributed by atoms with Gasteiger partial charge in [-0.2, -0.15) is 0 Å². The molecule has 5 nitrogen and oxygen atoms in total. The SMILES string of the molecule is CSC1OC(C(N)c2ccc(Cl)cc2)C(O)C(O)C1O. The van der Waals surface area contributed by atoms with Crippen LogP contribution in [-0.4, -0.2) is 51.4 Å². The Morgan fingerprint density at radius 3 is 2.30 bits per heavy atom. The number of thioether (sulfide) groups is 1. The highest BCUT2D eigenvalue weighted by Crippen LogP contribution is 2.32. The number of aliphatic hydroxyl groups excluding tert-OH is 3. The second kappa shape index (κ2) is 6.62. The fourth-order valence-electron chi connectivity index (χ4n) is 2.24. The summed E-state index contributed by atoms with van der Waals surface area (Å²) in [7, 11) is 0. The van der Waals surface area contributed by atoms with E-state index in [0.717, 1.165) is 5.56 Å². The Labute approximate surface area is 126 Å². The van der Waals surface area contributed by atoms with Gasteiger partial charge < -0.3 is 25.8 Å². The molecule has 0 amide bonds. The Hall–Kier alpha value is -0.340. The lowest BCUT2D eigenvalue weighted by Gasteiger charge is -2.42. The van der Waals surface area contributed by atoms with Gasteiger partial charge in [0.25, 0.3) is 0 Å². The molecule has 1 fully saturated rings. The molecule has 0 saturated carbocycles. The third kappa shape index (κ3) is 3.12. The summed E-state index contributed by atoms with van der Waals surface area (Å²) < 4.78 is 5.62. The molecule has 0 radical (unpaired) electrons. The summed E-state index contributed by atoms with van der Waals surface area (Å²) in [6, 6.07) is 6.26. The van der Waals surface area contributed by atoms with Gasteiger partial charge in [0.1, 0.15) is 29.9 Å². The number of aliphatic hydroxyl groups is 3. The molecule has 6 atom stereocenters. The molecular formula is C13H18ClNO4S. The van der Waals surface area contributed by atoms with Crippen molar-refractivity contribution in [3.8, 4) is 0 Å². The topological polar surface area (TPSA) is 95.9 Å². The van der Waals surface area contributed by atoms with Crippen LogP contribution in [0.4, 0.5) is 0 Å². The Morgan fingerprint density at radius 2 is 1.75 bits per heavy atom. The molecule has 1 aliphatic rings. The van der Waals surface area contributed by atoms with Crippen LogP contribution in [0.3, 0.4) is 0 Å². The monoisotopic (exact) mass is 319 g/mol. The zero-order chi connectivity index (χ0) is 14.9. The van der Waals surface area contributed by atoms with Crippen LogP contribution in [0.1, 0.15) is 11.6 Å². The molecule has 6 unspecified atom stereocenters. The molecule has 1 aromatic carbocycles. The van der Waals surface area contributed by atoms with E-state index >= 15 is 0 Å². The van der Waals surface area contributed by atoms with Crippen LogP contribution in [-0.2, 0) is 4.74 Å². The molecule has 0 bridgehead atoms. The van der Waals surface area contributed by atoms with Crippen molar-refractivity contribution in [1.29, 1.82) is 0 Å². The maximum absolute atomic E-state index is 10.1. The van der Waals surface area contributed by atoms with E-state index in [0.29, 0.717) is 5.02 Å². The highest BCUT2D eigenvalue weighted by molar-refractivity contribution is 7.99. The van der Waals surface area contributed by atoms with Crippen molar-refractivity contribution in [2.75, 3.05) is 6.26 Å². The van der Waals surface area contributed by atoms with E-state index in [-0.39, 0.29) is 0 Å². The van der Waals surface area contributed by atoms with E-state index in [1.165, 1.54) is 11.8 Å². The molecule has 112 valence electrons. The number of ether oxygens (including phenoxy) is 1. The van der Waals surface area contributed by atoms with E-state index < -0.39 is 35.9 Å².